The Morgan fingerprint density at radius 1 is 1.22 bits per heavy atom. The van der Waals surface area contributed by atoms with Crippen molar-refractivity contribution in [1.29, 1.82) is 0 Å². The Hall–Kier alpha value is -0.170. The molecule has 1 heterocycles. The highest BCUT2D eigenvalue weighted by Gasteiger charge is 2.25. The Balaban J connectivity index is 0.00000364. The Morgan fingerprint density at radius 2 is 2.00 bits per heavy atom. The first-order valence-electron chi connectivity index (χ1n) is 9.53. The van der Waals surface area contributed by atoms with Gasteiger partial charge in [-0.25, -0.2) is 13.1 Å². The van der Waals surface area contributed by atoms with Gasteiger partial charge in [-0.3, -0.25) is 4.99 Å². The van der Waals surface area contributed by atoms with E-state index in [1.165, 1.54) is 6.42 Å². The number of nitrogens with zero attached hydrogens (tertiary/aromatic N) is 2. The number of sulfonamides is 1. The highest BCUT2D eigenvalue weighted by molar-refractivity contribution is 14.0. The van der Waals surface area contributed by atoms with Crippen LogP contribution in [0.3, 0.4) is 0 Å². The van der Waals surface area contributed by atoms with Crippen LogP contribution in [0.5, 0.6) is 0 Å². The molecule has 0 amide bonds. The summed E-state index contributed by atoms with van der Waals surface area (Å²) in [6.45, 7) is 4.67. The number of halogens is 1. The molecule has 1 atom stereocenters. The maximum Gasteiger partial charge on any atom is 0.213 e. The van der Waals surface area contributed by atoms with E-state index >= 15 is 0 Å². The maximum absolute atomic E-state index is 12.1. The number of ether oxygens (including phenoxy) is 2. The fraction of sp³-hybridized carbons (Fsp3) is 0.941. The third-order valence-corrected chi connectivity index (χ3v) is 6.40. The fourth-order valence-corrected chi connectivity index (χ4v) is 4.20. The van der Waals surface area contributed by atoms with Crippen molar-refractivity contribution in [2.24, 2.45) is 16.8 Å². The van der Waals surface area contributed by atoms with Gasteiger partial charge in [0.2, 0.25) is 10.0 Å². The predicted octanol–water partition coefficient (Wildman–Crippen LogP) is 0.884. The van der Waals surface area contributed by atoms with Crippen molar-refractivity contribution in [2.75, 3.05) is 65.9 Å². The smallest absolute Gasteiger partial charge is 0.213 e. The quantitative estimate of drug-likeness (QED) is 0.183. The molecule has 2 fully saturated rings. The van der Waals surface area contributed by atoms with Crippen LogP contribution in [0.25, 0.3) is 0 Å². The number of guanidine groups is 1. The molecule has 0 bridgehead atoms. The molecule has 2 N–H and O–H groups in total. The first-order valence-corrected chi connectivity index (χ1v) is 11.2. The van der Waals surface area contributed by atoms with Gasteiger partial charge in [-0.05, 0) is 25.2 Å². The number of hydrogen-bond acceptors (Lipinski definition) is 5. The summed E-state index contributed by atoms with van der Waals surface area (Å²) >= 11 is 0. The van der Waals surface area contributed by atoms with Crippen LogP contribution in [0.1, 0.15) is 25.7 Å². The second kappa shape index (κ2) is 13.1. The Labute approximate surface area is 180 Å². The molecule has 2 rings (SSSR count). The van der Waals surface area contributed by atoms with Crippen LogP contribution < -0.4 is 10.0 Å². The number of nitrogens with one attached hydrogen (secondary N) is 2. The van der Waals surface area contributed by atoms with E-state index in [0.717, 1.165) is 44.9 Å². The summed E-state index contributed by atoms with van der Waals surface area (Å²) < 4.78 is 37.4. The van der Waals surface area contributed by atoms with Gasteiger partial charge in [0, 0.05) is 46.3 Å². The van der Waals surface area contributed by atoms with E-state index in [4.69, 9.17) is 9.47 Å². The van der Waals surface area contributed by atoms with Crippen LogP contribution in [0.15, 0.2) is 4.99 Å². The van der Waals surface area contributed by atoms with Crippen molar-refractivity contribution in [1.82, 2.24) is 14.9 Å². The van der Waals surface area contributed by atoms with E-state index in [2.05, 4.69) is 19.9 Å². The normalized spacial score (nSPS) is 21.0. The lowest BCUT2D eigenvalue weighted by Gasteiger charge is -2.25. The lowest BCUT2D eigenvalue weighted by molar-refractivity contribution is 0.0536. The number of likely N-dealkylation sites (tertiary alicyclic amines) is 1. The second-order valence-corrected chi connectivity index (χ2v) is 9.03. The third-order valence-electron chi connectivity index (χ3n) is 5.05. The second-order valence-electron chi connectivity index (χ2n) is 7.11. The zero-order valence-corrected chi connectivity index (χ0v) is 19.6. The molecule has 160 valence electrons. The Bertz CT molecular complexity index is 543. The summed E-state index contributed by atoms with van der Waals surface area (Å²) in [4.78, 5) is 6.45. The topological polar surface area (TPSA) is 92.3 Å². The lowest BCUT2D eigenvalue weighted by Crippen LogP contribution is -2.43. The van der Waals surface area contributed by atoms with Crippen molar-refractivity contribution in [2.45, 2.75) is 25.7 Å². The Morgan fingerprint density at radius 3 is 2.63 bits per heavy atom. The van der Waals surface area contributed by atoms with Gasteiger partial charge in [0.25, 0.3) is 0 Å². The molecule has 1 saturated heterocycles. The zero-order valence-electron chi connectivity index (χ0n) is 16.5. The van der Waals surface area contributed by atoms with Gasteiger partial charge < -0.3 is 19.7 Å². The zero-order chi connectivity index (χ0) is 18.8. The lowest BCUT2D eigenvalue weighted by atomic mass is 9.86. The molecule has 0 spiro atoms. The molecule has 0 aromatic heterocycles. The number of aliphatic imine (C=N–C) groups is 1. The molecule has 27 heavy (non-hydrogen) atoms. The summed E-state index contributed by atoms with van der Waals surface area (Å²) in [5.74, 6) is 1.82. The molecule has 1 unspecified atom stereocenters. The van der Waals surface area contributed by atoms with Gasteiger partial charge in [0.15, 0.2) is 5.96 Å². The van der Waals surface area contributed by atoms with Crippen LogP contribution >= 0.6 is 24.0 Å². The monoisotopic (exact) mass is 518 g/mol. The maximum atomic E-state index is 12.1. The first-order chi connectivity index (χ1) is 12.5. The van der Waals surface area contributed by atoms with Gasteiger partial charge >= 0.3 is 0 Å². The molecule has 0 aromatic carbocycles. The molecule has 1 aliphatic heterocycles. The van der Waals surface area contributed by atoms with E-state index in [1.807, 2.05) is 0 Å². The van der Waals surface area contributed by atoms with Crippen LogP contribution in [0, 0.1) is 11.8 Å². The first kappa shape index (κ1) is 24.9. The summed E-state index contributed by atoms with van der Waals surface area (Å²) in [6, 6.07) is 0. The van der Waals surface area contributed by atoms with Crippen molar-refractivity contribution < 1.29 is 17.9 Å². The summed E-state index contributed by atoms with van der Waals surface area (Å²) in [5.41, 5.74) is 0. The van der Waals surface area contributed by atoms with Gasteiger partial charge in [0.05, 0.1) is 25.6 Å². The average Bonchev–Trinajstić information content (AvgIpc) is 3.03. The fourth-order valence-electron chi connectivity index (χ4n) is 3.20. The van der Waals surface area contributed by atoms with E-state index in [1.54, 1.807) is 14.2 Å². The largest absolute Gasteiger partial charge is 0.382 e. The van der Waals surface area contributed by atoms with Crippen LogP contribution in [0.2, 0.25) is 0 Å². The average molecular weight is 518 g/mol. The summed E-state index contributed by atoms with van der Waals surface area (Å²) in [6.07, 6.45) is 4.55. The number of methoxy groups -OCH3 is 1. The highest BCUT2D eigenvalue weighted by Crippen LogP contribution is 2.25. The van der Waals surface area contributed by atoms with Crippen molar-refractivity contribution in [3.05, 3.63) is 0 Å². The van der Waals surface area contributed by atoms with Gasteiger partial charge in [-0.15, -0.1) is 24.0 Å². The van der Waals surface area contributed by atoms with Gasteiger partial charge in [-0.1, -0.05) is 6.42 Å². The van der Waals surface area contributed by atoms with E-state index < -0.39 is 10.0 Å². The minimum atomic E-state index is -3.23. The molecule has 2 aliphatic rings. The molecule has 0 aromatic rings. The number of rotatable bonds is 11. The molecule has 8 nitrogen and oxygen atoms in total. The highest BCUT2D eigenvalue weighted by atomic mass is 127. The molecular weight excluding hydrogens is 483 g/mol. The van der Waals surface area contributed by atoms with Crippen molar-refractivity contribution in [3.63, 3.8) is 0 Å². The van der Waals surface area contributed by atoms with Gasteiger partial charge in [0.1, 0.15) is 0 Å². The molecular formula is C17H35IN4O4S. The molecule has 10 heteroatoms. The third kappa shape index (κ3) is 9.25. The van der Waals surface area contributed by atoms with Crippen molar-refractivity contribution >= 4 is 40.0 Å². The van der Waals surface area contributed by atoms with Crippen molar-refractivity contribution in [3.8, 4) is 0 Å². The predicted molar refractivity (Wildman–Crippen MR) is 118 cm³/mol. The minimum Gasteiger partial charge on any atom is -0.382 e. The van der Waals surface area contributed by atoms with E-state index in [0.29, 0.717) is 38.1 Å². The van der Waals surface area contributed by atoms with E-state index in [9.17, 15) is 8.42 Å². The molecule has 0 radical (unpaired) electrons. The molecule has 1 aliphatic carbocycles. The standard InChI is InChI=1S/C17H34N4O4S.HI/c1-18-17(21-8-6-16(13-21)14-25-10-9-24-2)19-7-11-26(22,23)20-12-15-4-3-5-15;/h15-16,20H,3-14H2,1-2H3,(H,18,19);1H. The van der Waals surface area contributed by atoms with Gasteiger partial charge in [-0.2, -0.15) is 0 Å². The summed E-state index contributed by atoms with van der Waals surface area (Å²) in [5, 5.41) is 3.18. The summed E-state index contributed by atoms with van der Waals surface area (Å²) in [7, 11) is 0.170. The SMILES string of the molecule is CN=C(NCCS(=O)(=O)NCC1CCC1)N1CCC(COCCOC)C1.I. The Kier molecular flexibility index (Phi) is 12.1. The van der Waals surface area contributed by atoms with Crippen LogP contribution in [-0.2, 0) is 19.5 Å². The minimum absolute atomic E-state index is 0. The van der Waals surface area contributed by atoms with E-state index in [-0.39, 0.29) is 29.7 Å². The van der Waals surface area contributed by atoms with Crippen LogP contribution in [-0.4, -0.2) is 85.2 Å². The number of hydrogen-bond donors (Lipinski definition) is 2. The molecule has 1 saturated carbocycles. The van der Waals surface area contributed by atoms with Crippen LogP contribution in [0.4, 0.5) is 0 Å².